The fourth-order valence-corrected chi connectivity index (χ4v) is 2.77. The number of nitrogens with one attached hydrogen (secondary N) is 1. The van der Waals surface area contributed by atoms with Crippen LogP contribution in [0.5, 0.6) is 0 Å². The minimum absolute atomic E-state index is 0.158. The SMILES string of the molecule is Cc1nnc2ccc(-c3ccc(NC(=O)Cc4ccc(F)cc4)cc3)nn12. The summed E-state index contributed by atoms with van der Waals surface area (Å²) in [6.07, 6.45) is 0.188. The molecule has 0 atom stereocenters. The van der Waals surface area contributed by atoms with Crippen LogP contribution < -0.4 is 5.32 Å². The molecule has 27 heavy (non-hydrogen) atoms. The molecule has 0 saturated heterocycles. The lowest BCUT2D eigenvalue weighted by atomic mass is 10.1. The number of rotatable bonds is 4. The number of aryl methyl sites for hydroxylation is 1. The number of anilines is 1. The van der Waals surface area contributed by atoms with Gasteiger partial charge in [-0.3, -0.25) is 4.79 Å². The van der Waals surface area contributed by atoms with Crippen LogP contribution in [0.15, 0.2) is 60.7 Å². The molecule has 0 unspecified atom stereocenters. The van der Waals surface area contributed by atoms with E-state index in [0.717, 1.165) is 22.6 Å². The van der Waals surface area contributed by atoms with Gasteiger partial charge < -0.3 is 5.32 Å². The third-order valence-corrected chi connectivity index (χ3v) is 4.16. The monoisotopic (exact) mass is 361 g/mol. The summed E-state index contributed by atoms with van der Waals surface area (Å²) in [6, 6.07) is 17.1. The zero-order chi connectivity index (χ0) is 18.8. The number of nitrogens with zero attached hydrogens (tertiary/aromatic N) is 4. The molecule has 7 heteroatoms. The van der Waals surface area contributed by atoms with E-state index in [1.165, 1.54) is 12.1 Å². The first-order chi connectivity index (χ1) is 13.1. The molecule has 2 heterocycles. The van der Waals surface area contributed by atoms with Crippen LogP contribution >= 0.6 is 0 Å². The Bertz CT molecular complexity index is 1100. The smallest absolute Gasteiger partial charge is 0.228 e. The van der Waals surface area contributed by atoms with Crippen LogP contribution in [0, 0.1) is 12.7 Å². The number of halogens is 1. The standard InChI is InChI=1S/C20H16FN5O/c1-13-23-24-19-11-10-18(25-26(13)19)15-4-8-17(9-5-15)22-20(27)12-14-2-6-16(21)7-3-14/h2-11H,12H2,1H3,(H,22,27). The van der Waals surface area contributed by atoms with E-state index in [0.29, 0.717) is 11.3 Å². The summed E-state index contributed by atoms with van der Waals surface area (Å²) in [5, 5.41) is 15.4. The third-order valence-electron chi connectivity index (χ3n) is 4.16. The van der Waals surface area contributed by atoms with Gasteiger partial charge in [-0.1, -0.05) is 24.3 Å². The first-order valence-corrected chi connectivity index (χ1v) is 8.42. The Labute approximate surface area is 154 Å². The zero-order valence-electron chi connectivity index (χ0n) is 14.6. The fraction of sp³-hybridized carbons (Fsp3) is 0.100. The number of hydrogen-bond acceptors (Lipinski definition) is 4. The largest absolute Gasteiger partial charge is 0.326 e. The number of carbonyl (C=O) groups is 1. The molecule has 0 bridgehead atoms. The highest BCUT2D eigenvalue weighted by Gasteiger charge is 2.07. The first kappa shape index (κ1) is 16.8. The Morgan fingerprint density at radius 3 is 2.48 bits per heavy atom. The molecule has 0 spiro atoms. The molecule has 0 radical (unpaired) electrons. The maximum Gasteiger partial charge on any atom is 0.228 e. The summed E-state index contributed by atoms with van der Waals surface area (Å²) >= 11 is 0. The summed E-state index contributed by atoms with van der Waals surface area (Å²) in [6.45, 7) is 1.84. The van der Waals surface area contributed by atoms with Crippen LogP contribution in [0.3, 0.4) is 0 Å². The zero-order valence-corrected chi connectivity index (χ0v) is 14.6. The van der Waals surface area contributed by atoms with Crippen LogP contribution in [0.25, 0.3) is 16.9 Å². The van der Waals surface area contributed by atoms with Gasteiger partial charge >= 0.3 is 0 Å². The van der Waals surface area contributed by atoms with Crippen molar-refractivity contribution in [1.82, 2.24) is 19.8 Å². The molecular weight excluding hydrogens is 345 g/mol. The molecule has 0 fully saturated rings. The van der Waals surface area contributed by atoms with Gasteiger partial charge in [0.25, 0.3) is 0 Å². The Morgan fingerprint density at radius 2 is 1.74 bits per heavy atom. The van der Waals surface area contributed by atoms with E-state index in [2.05, 4.69) is 20.6 Å². The topological polar surface area (TPSA) is 72.2 Å². The molecule has 2 aromatic heterocycles. The molecular formula is C20H16FN5O. The highest BCUT2D eigenvalue weighted by molar-refractivity contribution is 5.92. The van der Waals surface area contributed by atoms with Gasteiger partial charge in [0, 0.05) is 11.3 Å². The highest BCUT2D eigenvalue weighted by atomic mass is 19.1. The van der Waals surface area contributed by atoms with Gasteiger partial charge in [-0.05, 0) is 48.9 Å². The van der Waals surface area contributed by atoms with Crippen molar-refractivity contribution in [3.8, 4) is 11.3 Å². The number of hydrogen-bond donors (Lipinski definition) is 1. The van der Waals surface area contributed by atoms with Crippen LogP contribution in [0.1, 0.15) is 11.4 Å². The van der Waals surface area contributed by atoms with E-state index >= 15 is 0 Å². The van der Waals surface area contributed by atoms with Crippen molar-refractivity contribution < 1.29 is 9.18 Å². The van der Waals surface area contributed by atoms with Crippen molar-refractivity contribution in [2.75, 3.05) is 5.32 Å². The summed E-state index contributed by atoms with van der Waals surface area (Å²) in [5.74, 6) is 0.244. The van der Waals surface area contributed by atoms with Crippen molar-refractivity contribution in [1.29, 1.82) is 0 Å². The second-order valence-electron chi connectivity index (χ2n) is 6.16. The molecule has 1 N–H and O–H groups in total. The van der Waals surface area contributed by atoms with Crippen molar-refractivity contribution in [3.63, 3.8) is 0 Å². The van der Waals surface area contributed by atoms with Crippen LogP contribution in [0.4, 0.5) is 10.1 Å². The quantitative estimate of drug-likeness (QED) is 0.605. The predicted molar refractivity (Wildman–Crippen MR) is 99.7 cm³/mol. The van der Waals surface area contributed by atoms with Crippen LogP contribution in [0.2, 0.25) is 0 Å². The van der Waals surface area contributed by atoms with Gasteiger partial charge in [-0.15, -0.1) is 10.2 Å². The summed E-state index contributed by atoms with van der Waals surface area (Å²) in [5.41, 5.74) is 3.84. The molecule has 6 nitrogen and oxygen atoms in total. The highest BCUT2D eigenvalue weighted by Crippen LogP contribution is 2.20. The summed E-state index contributed by atoms with van der Waals surface area (Å²) in [4.78, 5) is 12.1. The van der Waals surface area contributed by atoms with Gasteiger partial charge in [0.2, 0.25) is 5.91 Å². The molecule has 0 saturated carbocycles. The average molecular weight is 361 g/mol. The number of aromatic nitrogens is 4. The van der Waals surface area contributed by atoms with E-state index in [1.807, 2.05) is 43.3 Å². The maximum atomic E-state index is 12.9. The minimum Gasteiger partial charge on any atom is -0.326 e. The number of benzene rings is 2. The third kappa shape index (κ3) is 3.67. The van der Waals surface area contributed by atoms with Gasteiger partial charge in [0.05, 0.1) is 12.1 Å². The molecule has 0 aliphatic carbocycles. The molecule has 4 aromatic rings. The second-order valence-corrected chi connectivity index (χ2v) is 6.16. The van der Waals surface area contributed by atoms with E-state index in [4.69, 9.17) is 0 Å². The molecule has 2 aromatic carbocycles. The number of fused-ring (bicyclic) bond motifs is 1. The lowest BCUT2D eigenvalue weighted by Crippen LogP contribution is -2.14. The maximum absolute atomic E-state index is 12.9. The van der Waals surface area contributed by atoms with Crippen molar-refractivity contribution >= 4 is 17.2 Å². The summed E-state index contributed by atoms with van der Waals surface area (Å²) in [7, 11) is 0. The van der Waals surface area contributed by atoms with Gasteiger partial charge in [-0.2, -0.15) is 9.61 Å². The summed E-state index contributed by atoms with van der Waals surface area (Å²) < 4.78 is 14.6. The molecule has 0 aliphatic heterocycles. The van der Waals surface area contributed by atoms with Gasteiger partial charge in [0.1, 0.15) is 5.82 Å². The van der Waals surface area contributed by atoms with Crippen LogP contribution in [-0.4, -0.2) is 25.7 Å². The predicted octanol–water partition coefficient (Wildman–Crippen LogP) is 3.42. The van der Waals surface area contributed by atoms with E-state index in [-0.39, 0.29) is 18.1 Å². The first-order valence-electron chi connectivity index (χ1n) is 8.42. The lowest BCUT2D eigenvalue weighted by molar-refractivity contribution is -0.115. The Kier molecular flexibility index (Phi) is 4.33. The second kappa shape index (κ2) is 6.95. The molecule has 1 amide bonds. The normalized spacial score (nSPS) is 10.9. The van der Waals surface area contributed by atoms with Crippen LogP contribution in [-0.2, 0) is 11.2 Å². The van der Waals surface area contributed by atoms with E-state index < -0.39 is 0 Å². The number of carbonyl (C=O) groups excluding carboxylic acids is 1. The van der Waals surface area contributed by atoms with Crippen molar-refractivity contribution in [3.05, 3.63) is 77.9 Å². The van der Waals surface area contributed by atoms with Gasteiger partial charge in [0.15, 0.2) is 11.5 Å². The van der Waals surface area contributed by atoms with Crippen molar-refractivity contribution in [2.24, 2.45) is 0 Å². The Balaban J connectivity index is 1.47. The van der Waals surface area contributed by atoms with Crippen molar-refractivity contribution in [2.45, 2.75) is 13.3 Å². The Morgan fingerprint density at radius 1 is 1.00 bits per heavy atom. The average Bonchev–Trinajstić information content (AvgIpc) is 3.05. The molecule has 4 rings (SSSR count). The lowest BCUT2D eigenvalue weighted by Gasteiger charge is -2.07. The fourth-order valence-electron chi connectivity index (χ4n) is 2.77. The molecule has 0 aliphatic rings. The van der Waals surface area contributed by atoms with E-state index in [1.54, 1.807) is 16.6 Å². The molecule has 134 valence electrons. The minimum atomic E-state index is -0.316. The Hall–Kier alpha value is -3.61. The number of amides is 1. The van der Waals surface area contributed by atoms with E-state index in [9.17, 15) is 9.18 Å². The van der Waals surface area contributed by atoms with Gasteiger partial charge in [-0.25, -0.2) is 4.39 Å².